The third-order valence-electron chi connectivity index (χ3n) is 2.85. The molecule has 1 heterocycles. The Kier molecular flexibility index (Phi) is 1.38. The van der Waals surface area contributed by atoms with Gasteiger partial charge in [-0.1, -0.05) is 13.0 Å². The second-order valence-corrected chi connectivity index (χ2v) is 5.27. The van der Waals surface area contributed by atoms with Gasteiger partial charge in [-0.05, 0) is 37.0 Å². The van der Waals surface area contributed by atoms with Crippen molar-refractivity contribution < 1.29 is 0 Å². The van der Waals surface area contributed by atoms with Crippen LogP contribution in [-0.4, -0.2) is 4.75 Å². The quantitative estimate of drug-likeness (QED) is 0.559. The molecule has 0 nitrogen and oxygen atoms in total. The molecule has 1 aliphatic heterocycles. The van der Waals surface area contributed by atoms with Crippen molar-refractivity contribution >= 4 is 11.8 Å². The zero-order valence-electron chi connectivity index (χ0n) is 6.63. The highest BCUT2D eigenvalue weighted by molar-refractivity contribution is 8.03. The van der Waals surface area contributed by atoms with Crippen LogP contribution in [0, 0.1) is 11.8 Å². The van der Waals surface area contributed by atoms with Crippen LogP contribution in [0.1, 0.15) is 26.7 Å². The normalized spacial score (nSPS) is 51.8. The Labute approximate surface area is 67.1 Å². The van der Waals surface area contributed by atoms with Crippen molar-refractivity contribution in [1.29, 1.82) is 0 Å². The van der Waals surface area contributed by atoms with Crippen LogP contribution in [0.25, 0.3) is 0 Å². The predicted molar refractivity (Wildman–Crippen MR) is 47.0 cm³/mol. The highest BCUT2D eigenvalue weighted by Gasteiger charge is 2.47. The van der Waals surface area contributed by atoms with E-state index in [-0.39, 0.29) is 0 Å². The molecule has 56 valence electrons. The molecule has 1 saturated carbocycles. The van der Waals surface area contributed by atoms with E-state index in [0.29, 0.717) is 4.75 Å². The first-order valence-corrected chi connectivity index (χ1v) is 4.93. The summed E-state index contributed by atoms with van der Waals surface area (Å²) in [5, 5.41) is 2.27. The third-order valence-corrected chi connectivity index (χ3v) is 4.19. The second-order valence-electron chi connectivity index (χ2n) is 3.83. The van der Waals surface area contributed by atoms with Gasteiger partial charge in [0.05, 0.1) is 0 Å². The Bertz CT molecular complexity index is 164. The van der Waals surface area contributed by atoms with E-state index < -0.39 is 0 Å². The molecule has 1 fully saturated rings. The first-order valence-electron chi connectivity index (χ1n) is 4.05. The molecule has 2 aliphatic rings. The maximum Gasteiger partial charge on any atom is 0.0238 e. The Hall–Kier alpha value is 0.0900. The summed E-state index contributed by atoms with van der Waals surface area (Å²) in [5.41, 5.74) is 0. The van der Waals surface area contributed by atoms with Crippen LogP contribution in [-0.2, 0) is 0 Å². The highest BCUT2D eigenvalue weighted by Crippen LogP contribution is 2.56. The molecule has 0 aromatic rings. The van der Waals surface area contributed by atoms with Gasteiger partial charge in [0, 0.05) is 4.75 Å². The largest absolute Gasteiger partial charge is 0.127 e. The monoisotopic (exact) mass is 154 g/mol. The summed E-state index contributed by atoms with van der Waals surface area (Å²) < 4.78 is 0.583. The summed E-state index contributed by atoms with van der Waals surface area (Å²) in [5.74, 6) is 2.00. The Balaban J connectivity index is 2.03. The second kappa shape index (κ2) is 2.04. The van der Waals surface area contributed by atoms with Crippen LogP contribution in [0.4, 0.5) is 0 Å². The molecule has 0 radical (unpaired) electrons. The van der Waals surface area contributed by atoms with E-state index >= 15 is 0 Å². The van der Waals surface area contributed by atoms with E-state index in [4.69, 9.17) is 0 Å². The third kappa shape index (κ3) is 0.914. The zero-order chi connectivity index (χ0) is 7.19. The number of rotatable bonds is 1. The van der Waals surface area contributed by atoms with Crippen molar-refractivity contribution in [3.63, 3.8) is 0 Å². The van der Waals surface area contributed by atoms with Crippen LogP contribution in [0.2, 0.25) is 0 Å². The maximum atomic E-state index is 2.41. The topological polar surface area (TPSA) is 0 Å². The van der Waals surface area contributed by atoms with Crippen molar-refractivity contribution in [1.82, 2.24) is 0 Å². The van der Waals surface area contributed by atoms with E-state index in [9.17, 15) is 0 Å². The van der Waals surface area contributed by atoms with Crippen LogP contribution >= 0.6 is 11.8 Å². The molecule has 2 unspecified atom stereocenters. The minimum atomic E-state index is 0.583. The van der Waals surface area contributed by atoms with Gasteiger partial charge in [-0.25, -0.2) is 0 Å². The lowest BCUT2D eigenvalue weighted by Gasteiger charge is -2.22. The number of thioether (sulfide) groups is 1. The van der Waals surface area contributed by atoms with Crippen LogP contribution in [0.15, 0.2) is 11.5 Å². The van der Waals surface area contributed by atoms with Gasteiger partial charge in [0.15, 0.2) is 0 Å². The van der Waals surface area contributed by atoms with Crippen LogP contribution < -0.4 is 0 Å². The summed E-state index contributed by atoms with van der Waals surface area (Å²) in [6.45, 7) is 4.78. The smallest absolute Gasteiger partial charge is 0.0238 e. The van der Waals surface area contributed by atoms with Gasteiger partial charge in [-0.15, -0.1) is 11.8 Å². The average molecular weight is 154 g/mol. The molecule has 10 heavy (non-hydrogen) atoms. The lowest BCUT2D eigenvalue weighted by molar-refractivity contribution is 0.549. The maximum absolute atomic E-state index is 2.41. The molecule has 0 bridgehead atoms. The number of hydrogen-bond donors (Lipinski definition) is 0. The average Bonchev–Trinajstić information content (AvgIpc) is 2.44. The SMILES string of the molecule is C[C@@H]1CC1C1(C)CC=CS1. The summed E-state index contributed by atoms with van der Waals surface area (Å²) in [6.07, 6.45) is 5.08. The molecule has 0 N–H and O–H groups in total. The predicted octanol–water partition coefficient (Wildman–Crippen LogP) is 3.05. The first-order chi connectivity index (χ1) is 4.72. The Morgan fingerprint density at radius 2 is 2.30 bits per heavy atom. The van der Waals surface area contributed by atoms with E-state index in [1.54, 1.807) is 0 Å². The lowest BCUT2D eigenvalue weighted by Crippen LogP contribution is -2.19. The molecule has 1 heteroatoms. The highest BCUT2D eigenvalue weighted by atomic mass is 32.2. The minimum absolute atomic E-state index is 0.583. The molecule has 0 spiro atoms. The fraction of sp³-hybridized carbons (Fsp3) is 0.778. The van der Waals surface area contributed by atoms with E-state index in [2.05, 4.69) is 25.3 Å². The molecule has 3 atom stereocenters. The van der Waals surface area contributed by atoms with Crippen molar-refractivity contribution in [3.05, 3.63) is 11.5 Å². The van der Waals surface area contributed by atoms with Crippen molar-refractivity contribution in [3.8, 4) is 0 Å². The fourth-order valence-corrected chi connectivity index (χ4v) is 3.14. The standard InChI is InChI=1S/C9H14S/c1-7-6-8(7)9(2)4-3-5-10-9/h3,5,7-8H,4,6H2,1-2H3/t7-,8?,9?/m1/s1. The van der Waals surface area contributed by atoms with Crippen molar-refractivity contribution in [2.45, 2.75) is 31.4 Å². The first kappa shape index (κ1) is 6.78. The molecule has 1 aliphatic carbocycles. The minimum Gasteiger partial charge on any atom is -0.127 e. The summed E-state index contributed by atoms with van der Waals surface area (Å²) in [7, 11) is 0. The fourth-order valence-electron chi connectivity index (χ4n) is 1.95. The molecule has 0 aromatic carbocycles. The number of hydrogen-bond acceptors (Lipinski definition) is 1. The van der Waals surface area contributed by atoms with Gasteiger partial charge < -0.3 is 0 Å². The summed E-state index contributed by atoms with van der Waals surface area (Å²) >= 11 is 2.04. The van der Waals surface area contributed by atoms with E-state index in [1.807, 2.05) is 11.8 Å². The van der Waals surface area contributed by atoms with E-state index in [0.717, 1.165) is 11.8 Å². The Morgan fingerprint density at radius 3 is 2.70 bits per heavy atom. The number of allylic oxidation sites excluding steroid dienone is 1. The van der Waals surface area contributed by atoms with Crippen LogP contribution in [0.5, 0.6) is 0 Å². The zero-order valence-corrected chi connectivity index (χ0v) is 7.45. The van der Waals surface area contributed by atoms with Gasteiger partial charge in [-0.3, -0.25) is 0 Å². The molecule has 0 saturated heterocycles. The molecule has 2 rings (SSSR count). The van der Waals surface area contributed by atoms with Gasteiger partial charge in [-0.2, -0.15) is 0 Å². The molecule has 0 amide bonds. The van der Waals surface area contributed by atoms with Gasteiger partial charge >= 0.3 is 0 Å². The van der Waals surface area contributed by atoms with Gasteiger partial charge in [0.2, 0.25) is 0 Å². The van der Waals surface area contributed by atoms with Crippen molar-refractivity contribution in [2.75, 3.05) is 0 Å². The van der Waals surface area contributed by atoms with Crippen LogP contribution in [0.3, 0.4) is 0 Å². The van der Waals surface area contributed by atoms with E-state index in [1.165, 1.54) is 12.8 Å². The summed E-state index contributed by atoms with van der Waals surface area (Å²) in [6, 6.07) is 0. The van der Waals surface area contributed by atoms with Crippen molar-refractivity contribution in [2.24, 2.45) is 11.8 Å². The lowest BCUT2D eigenvalue weighted by atomic mass is 10.00. The Morgan fingerprint density at radius 1 is 1.60 bits per heavy atom. The van der Waals surface area contributed by atoms with Gasteiger partial charge in [0.1, 0.15) is 0 Å². The molecule has 0 aromatic heterocycles. The molecular formula is C9H14S. The van der Waals surface area contributed by atoms with Gasteiger partial charge in [0.25, 0.3) is 0 Å². The summed E-state index contributed by atoms with van der Waals surface area (Å²) in [4.78, 5) is 0. The molecular weight excluding hydrogens is 140 g/mol.